The van der Waals surface area contributed by atoms with Gasteiger partial charge in [0.25, 0.3) is 0 Å². The minimum absolute atomic E-state index is 0.0153. The molecule has 1 heterocycles. The number of carbonyl (C=O) groups is 1. The zero-order chi connectivity index (χ0) is 14.2. The van der Waals surface area contributed by atoms with Crippen molar-refractivity contribution in [1.82, 2.24) is 4.98 Å². The number of ether oxygens (including phenoxy) is 1. The summed E-state index contributed by atoms with van der Waals surface area (Å²) in [5.74, 6) is -0.804. The first-order valence-electron chi connectivity index (χ1n) is 5.27. The van der Waals surface area contributed by atoms with Crippen LogP contribution in [0.15, 0.2) is 12.1 Å². The monoisotopic (exact) mass is 290 g/mol. The molecular weight excluding hydrogens is 281 g/mol. The van der Waals surface area contributed by atoms with E-state index in [0.29, 0.717) is 0 Å². The van der Waals surface area contributed by atoms with Gasteiger partial charge in [0.2, 0.25) is 0 Å². The summed E-state index contributed by atoms with van der Waals surface area (Å²) < 4.78 is 43.7. The van der Waals surface area contributed by atoms with Crippen LogP contribution >= 0.6 is 11.3 Å². The highest BCUT2D eigenvalue weighted by Gasteiger charge is 2.35. The Balaban J connectivity index is 2.66. The summed E-state index contributed by atoms with van der Waals surface area (Å²) in [6.45, 7) is 1.66. The molecule has 0 bridgehead atoms. The van der Waals surface area contributed by atoms with E-state index >= 15 is 0 Å². The zero-order valence-corrected chi connectivity index (χ0v) is 10.6. The average Bonchev–Trinajstić information content (AvgIpc) is 2.66. The molecule has 2 N–H and O–H groups in total. The largest absolute Gasteiger partial charge is 0.462 e. The molecule has 0 aliphatic rings. The Morgan fingerprint density at radius 3 is 2.74 bits per heavy atom. The van der Waals surface area contributed by atoms with E-state index in [1.807, 2.05) is 0 Å². The Kier molecular flexibility index (Phi) is 3.36. The number of thiazole rings is 1. The molecule has 2 rings (SSSR count). The second kappa shape index (κ2) is 4.69. The maximum atomic E-state index is 12.9. The lowest BCUT2D eigenvalue weighted by molar-refractivity contribution is -0.136. The Labute approximate surface area is 110 Å². The van der Waals surface area contributed by atoms with Gasteiger partial charge in [-0.3, -0.25) is 0 Å². The molecule has 0 amide bonds. The van der Waals surface area contributed by atoms with Crippen LogP contribution in [0.4, 0.5) is 18.3 Å². The van der Waals surface area contributed by atoms with Gasteiger partial charge in [-0.1, -0.05) is 11.3 Å². The molecule has 0 radical (unpaired) electrons. The van der Waals surface area contributed by atoms with Crippen LogP contribution in [0.1, 0.15) is 22.8 Å². The van der Waals surface area contributed by atoms with Crippen molar-refractivity contribution in [3.63, 3.8) is 0 Å². The van der Waals surface area contributed by atoms with Crippen molar-refractivity contribution in [3.05, 3.63) is 23.3 Å². The third-order valence-corrected chi connectivity index (χ3v) is 3.16. The van der Waals surface area contributed by atoms with Gasteiger partial charge in [0, 0.05) is 0 Å². The number of nitrogens with zero attached hydrogens (tertiary/aromatic N) is 1. The summed E-state index contributed by atoms with van der Waals surface area (Å²) in [6.07, 6.45) is -4.61. The smallest absolute Gasteiger partial charge is 0.418 e. The van der Waals surface area contributed by atoms with Gasteiger partial charge in [-0.25, -0.2) is 9.78 Å². The van der Waals surface area contributed by atoms with E-state index in [2.05, 4.69) is 4.98 Å². The van der Waals surface area contributed by atoms with E-state index in [0.717, 1.165) is 17.4 Å². The minimum Gasteiger partial charge on any atom is -0.462 e. The molecule has 0 aliphatic heterocycles. The quantitative estimate of drug-likeness (QED) is 0.863. The van der Waals surface area contributed by atoms with E-state index in [-0.39, 0.29) is 27.5 Å². The zero-order valence-electron chi connectivity index (χ0n) is 9.75. The Morgan fingerprint density at radius 1 is 1.47 bits per heavy atom. The number of benzene rings is 1. The number of aromatic nitrogens is 1. The van der Waals surface area contributed by atoms with E-state index in [1.165, 1.54) is 6.07 Å². The summed E-state index contributed by atoms with van der Waals surface area (Å²) in [7, 11) is 0. The lowest BCUT2D eigenvalue weighted by Crippen LogP contribution is -2.10. The summed E-state index contributed by atoms with van der Waals surface area (Å²) in [5, 5.41) is 0.0153. The van der Waals surface area contributed by atoms with E-state index in [4.69, 9.17) is 10.5 Å². The molecule has 0 atom stereocenters. The van der Waals surface area contributed by atoms with Crippen molar-refractivity contribution < 1.29 is 22.7 Å². The van der Waals surface area contributed by atoms with Crippen LogP contribution in [-0.2, 0) is 10.9 Å². The predicted octanol–water partition coefficient (Wildman–Crippen LogP) is 3.07. The van der Waals surface area contributed by atoms with E-state index < -0.39 is 17.7 Å². The molecule has 19 heavy (non-hydrogen) atoms. The first kappa shape index (κ1) is 13.6. The number of alkyl halides is 3. The lowest BCUT2D eigenvalue weighted by Gasteiger charge is -2.09. The molecular formula is C11H9F3N2O2S. The standard InChI is InChI=1S/C11H9F3N2O2S/c1-2-18-9(17)5-3-6(11(12,13)14)8-7(4-5)19-10(15)16-8/h3-4H,2H2,1H3,(H2,15,16). The maximum absolute atomic E-state index is 12.9. The second-order valence-corrected chi connectivity index (χ2v) is 4.70. The number of esters is 1. The molecule has 0 unspecified atom stereocenters. The van der Waals surface area contributed by atoms with Gasteiger partial charge in [-0.05, 0) is 19.1 Å². The molecule has 4 nitrogen and oxygen atoms in total. The number of hydrogen-bond donors (Lipinski definition) is 1. The van der Waals surface area contributed by atoms with Crippen LogP contribution in [0, 0.1) is 0 Å². The highest BCUT2D eigenvalue weighted by Crippen LogP contribution is 2.38. The molecule has 1 aromatic heterocycles. The molecule has 2 aromatic rings. The van der Waals surface area contributed by atoms with Crippen LogP contribution < -0.4 is 5.73 Å². The highest BCUT2D eigenvalue weighted by molar-refractivity contribution is 7.22. The van der Waals surface area contributed by atoms with Crippen LogP contribution in [0.2, 0.25) is 0 Å². The molecule has 0 aliphatic carbocycles. The number of anilines is 1. The van der Waals surface area contributed by atoms with Crippen molar-refractivity contribution in [2.45, 2.75) is 13.1 Å². The molecule has 0 fully saturated rings. The van der Waals surface area contributed by atoms with Crippen molar-refractivity contribution >= 4 is 32.7 Å². The first-order valence-corrected chi connectivity index (χ1v) is 6.09. The average molecular weight is 290 g/mol. The van der Waals surface area contributed by atoms with Gasteiger partial charge in [0.05, 0.1) is 28.0 Å². The molecule has 0 saturated carbocycles. The minimum atomic E-state index is -4.61. The first-order chi connectivity index (χ1) is 8.82. The number of hydrogen-bond acceptors (Lipinski definition) is 5. The van der Waals surface area contributed by atoms with Crippen molar-refractivity contribution in [2.24, 2.45) is 0 Å². The number of fused-ring (bicyclic) bond motifs is 1. The Hall–Kier alpha value is -1.83. The van der Waals surface area contributed by atoms with Crippen molar-refractivity contribution in [1.29, 1.82) is 0 Å². The fourth-order valence-electron chi connectivity index (χ4n) is 1.60. The molecule has 8 heteroatoms. The summed E-state index contributed by atoms with van der Waals surface area (Å²) in [5.41, 5.74) is 4.02. The number of rotatable bonds is 2. The van der Waals surface area contributed by atoms with E-state index in [1.54, 1.807) is 6.92 Å². The third-order valence-electron chi connectivity index (χ3n) is 2.33. The lowest BCUT2D eigenvalue weighted by atomic mass is 10.1. The number of nitrogens with two attached hydrogens (primary N) is 1. The number of nitrogen functional groups attached to an aromatic ring is 1. The molecule has 0 saturated heterocycles. The third kappa shape index (κ3) is 2.62. The SMILES string of the molecule is CCOC(=O)c1cc(C(F)(F)F)c2nc(N)sc2c1. The normalized spacial score (nSPS) is 11.8. The fourth-order valence-corrected chi connectivity index (χ4v) is 2.40. The Morgan fingerprint density at radius 2 is 2.16 bits per heavy atom. The van der Waals surface area contributed by atoms with Gasteiger partial charge in [-0.15, -0.1) is 0 Å². The molecule has 0 spiro atoms. The van der Waals surface area contributed by atoms with Gasteiger partial charge in [-0.2, -0.15) is 13.2 Å². The summed E-state index contributed by atoms with van der Waals surface area (Å²) >= 11 is 0.891. The molecule has 102 valence electrons. The van der Waals surface area contributed by atoms with Gasteiger partial charge in [0.15, 0.2) is 5.13 Å². The highest BCUT2D eigenvalue weighted by atomic mass is 32.1. The van der Waals surface area contributed by atoms with Gasteiger partial charge in [0.1, 0.15) is 0 Å². The molecule has 1 aromatic carbocycles. The van der Waals surface area contributed by atoms with Gasteiger partial charge < -0.3 is 10.5 Å². The second-order valence-electron chi connectivity index (χ2n) is 3.64. The predicted molar refractivity (Wildman–Crippen MR) is 65.0 cm³/mol. The van der Waals surface area contributed by atoms with Crippen LogP contribution in [-0.4, -0.2) is 17.6 Å². The fraction of sp³-hybridized carbons (Fsp3) is 0.273. The maximum Gasteiger partial charge on any atom is 0.418 e. The van der Waals surface area contributed by atoms with Crippen LogP contribution in [0.5, 0.6) is 0 Å². The van der Waals surface area contributed by atoms with Crippen LogP contribution in [0.3, 0.4) is 0 Å². The van der Waals surface area contributed by atoms with Crippen molar-refractivity contribution in [3.8, 4) is 0 Å². The van der Waals surface area contributed by atoms with Crippen LogP contribution in [0.25, 0.3) is 10.2 Å². The van der Waals surface area contributed by atoms with Crippen molar-refractivity contribution in [2.75, 3.05) is 12.3 Å². The number of carbonyl (C=O) groups excluding carboxylic acids is 1. The Bertz CT molecular complexity index is 637. The van der Waals surface area contributed by atoms with E-state index in [9.17, 15) is 18.0 Å². The van der Waals surface area contributed by atoms with Gasteiger partial charge >= 0.3 is 12.1 Å². The summed E-state index contributed by atoms with van der Waals surface area (Å²) in [6, 6.07) is 2.04. The topological polar surface area (TPSA) is 65.2 Å². The number of halogens is 3. The summed E-state index contributed by atoms with van der Waals surface area (Å²) in [4.78, 5) is 15.2.